The van der Waals surface area contributed by atoms with Gasteiger partial charge >= 0.3 is 0 Å². The molecule has 0 radical (unpaired) electrons. The Morgan fingerprint density at radius 1 is 1.64 bits per heavy atom. The Hall–Kier alpha value is -0.990. The van der Waals surface area contributed by atoms with Gasteiger partial charge in [-0.05, 0) is 13.3 Å². The maximum Gasteiger partial charge on any atom is 0.126 e. The average Bonchev–Trinajstić information content (AvgIpc) is 2.45. The van der Waals surface area contributed by atoms with Crippen LogP contribution in [0.25, 0.3) is 0 Å². The topological polar surface area (TPSA) is 21.1 Å². The largest absolute Gasteiger partial charge is 0.360 e. The van der Waals surface area contributed by atoms with Crippen LogP contribution in [0.2, 0.25) is 0 Å². The molecule has 11 heavy (non-hydrogen) atoms. The smallest absolute Gasteiger partial charge is 0.126 e. The lowest BCUT2D eigenvalue weighted by molar-refractivity contribution is 0.430. The van der Waals surface area contributed by atoms with Crippen LogP contribution in [0.15, 0.2) is 12.3 Å². The van der Waals surface area contributed by atoms with Crippen molar-refractivity contribution < 1.29 is 0 Å². The summed E-state index contributed by atoms with van der Waals surface area (Å²) in [5.41, 5.74) is 0. The molecule has 1 aliphatic rings. The number of nitrogens with zero attached hydrogens (tertiary/aromatic N) is 3. The third-order valence-corrected chi connectivity index (χ3v) is 2.34. The first-order valence-electron chi connectivity index (χ1n) is 4.03. The van der Waals surface area contributed by atoms with Gasteiger partial charge in [0.1, 0.15) is 5.82 Å². The molecule has 60 valence electrons. The lowest BCUT2D eigenvalue weighted by atomic mass is 10.2. The quantitative estimate of drug-likeness (QED) is 0.557. The summed E-state index contributed by atoms with van der Waals surface area (Å²) in [7, 11) is 2.11. The molecule has 0 amide bonds. The van der Waals surface area contributed by atoms with Crippen LogP contribution in [-0.2, 0) is 0 Å². The molecule has 1 atom stereocenters. The van der Waals surface area contributed by atoms with Crippen LogP contribution in [0.4, 0.5) is 5.82 Å². The van der Waals surface area contributed by atoms with Crippen molar-refractivity contribution in [3.8, 4) is 0 Å². The van der Waals surface area contributed by atoms with E-state index in [1.807, 2.05) is 6.20 Å². The van der Waals surface area contributed by atoms with E-state index in [2.05, 4.69) is 34.7 Å². The molecule has 0 spiro atoms. The van der Waals surface area contributed by atoms with Crippen LogP contribution in [0.1, 0.15) is 19.4 Å². The molecule has 3 heteroatoms. The van der Waals surface area contributed by atoms with E-state index >= 15 is 0 Å². The van der Waals surface area contributed by atoms with Crippen molar-refractivity contribution in [3.05, 3.63) is 12.3 Å². The van der Waals surface area contributed by atoms with Crippen molar-refractivity contribution in [1.29, 1.82) is 0 Å². The van der Waals surface area contributed by atoms with E-state index < -0.39 is 0 Å². The lowest BCUT2D eigenvalue weighted by Gasteiger charge is -2.29. The van der Waals surface area contributed by atoms with E-state index in [4.69, 9.17) is 0 Å². The number of hydrogen-bond acceptors (Lipinski definition) is 2. The average molecular weight is 151 g/mol. The third kappa shape index (κ3) is 0.914. The second-order valence-electron chi connectivity index (χ2n) is 3.19. The highest BCUT2D eigenvalue weighted by Crippen LogP contribution is 2.24. The van der Waals surface area contributed by atoms with Gasteiger partial charge in [-0.3, -0.25) is 0 Å². The molecule has 0 saturated heterocycles. The minimum Gasteiger partial charge on any atom is -0.360 e. The summed E-state index contributed by atoms with van der Waals surface area (Å²) in [6.45, 7) is 3.36. The first-order valence-corrected chi connectivity index (χ1v) is 4.03. The van der Waals surface area contributed by atoms with E-state index in [-0.39, 0.29) is 0 Å². The summed E-state index contributed by atoms with van der Waals surface area (Å²) in [4.78, 5) is 2.24. The molecule has 2 heterocycles. The Morgan fingerprint density at radius 3 is 3.18 bits per heavy atom. The van der Waals surface area contributed by atoms with Gasteiger partial charge in [0.2, 0.25) is 0 Å². The molecule has 0 N–H and O–H groups in total. The van der Waals surface area contributed by atoms with Crippen LogP contribution in [0.3, 0.4) is 0 Å². The third-order valence-electron chi connectivity index (χ3n) is 2.34. The molecule has 0 unspecified atom stereocenters. The molecule has 0 saturated carbocycles. The molecule has 1 aromatic rings. The van der Waals surface area contributed by atoms with Crippen molar-refractivity contribution in [3.63, 3.8) is 0 Å². The summed E-state index contributed by atoms with van der Waals surface area (Å²) in [5, 5.41) is 4.26. The van der Waals surface area contributed by atoms with Crippen LogP contribution in [0.5, 0.6) is 0 Å². The highest BCUT2D eigenvalue weighted by atomic mass is 15.4. The number of aromatic nitrogens is 2. The summed E-state index contributed by atoms with van der Waals surface area (Å²) >= 11 is 0. The zero-order valence-corrected chi connectivity index (χ0v) is 6.99. The Morgan fingerprint density at radius 2 is 2.45 bits per heavy atom. The number of rotatable bonds is 0. The van der Waals surface area contributed by atoms with E-state index in [0.717, 1.165) is 6.54 Å². The Kier molecular flexibility index (Phi) is 1.37. The second-order valence-corrected chi connectivity index (χ2v) is 3.19. The van der Waals surface area contributed by atoms with Gasteiger partial charge in [0.15, 0.2) is 0 Å². The Balaban J connectivity index is 2.43. The van der Waals surface area contributed by atoms with Gasteiger partial charge in [0.05, 0.1) is 12.2 Å². The zero-order chi connectivity index (χ0) is 7.84. The number of fused-ring (bicyclic) bond motifs is 1. The number of anilines is 1. The van der Waals surface area contributed by atoms with Crippen molar-refractivity contribution in [2.24, 2.45) is 0 Å². The van der Waals surface area contributed by atoms with Crippen LogP contribution >= 0.6 is 0 Å². The molecule has 3 nitrogen and oxygen atoms in total. The molecule has 0 fully saturated rings. The standard InChI is InChI=1S/C8H13N3/c1-7-4-6-10(2)8-3-5-9-11(7)8/h3,5,7H,4,6H2,1-2H3/t7-/m1/s1. The van der Waals surface area contributed by atoms with E-state index in [0.29, 0.717) is 6.04 Å². The maximum absolute atomic E-state index is 4.26. The predicted molar refractivity (Wildman–Crippen MR) is 44.8 cm³/mol. The van der Waals surface area contributed by atoms with Gasteiger partial charge in [-0.1, -0.05) is 0 Å². The van der Waals surface area contributed by atoms with Crippen molar-refractivity contribution >= 4 is 5.82 Å². The molecular weight excluding hydrogens is 138 g/mol. The fourth-order valence-corrected chi connectivity index (χ4v) is 1.57. The maximum atomic E-state index is 4.26. The first-order chi connectivity index (χ1) is 5.29. The van der Waals surface area contributed by atoms with Crippen molar-refractivity contribution in [2.45, 2.75) is 19.4 Å². The van der Waals surface area contributed by atoms with Crippen LogP contribution in [-0.4, -0.2) is 23.4 Å². The van der Waals surface area contributed by atoms with Crippen LogP contribution in [0, 0.1) is 0 Å². The molecule has 1 aliphatic heterocycles. The van der Waals surface area contributed by atoms with E-state index in [9.17, 15) is 0 Å². The van der Waals surface area contributed by atoms with Gasteiger partial charge < -0.3 is 4.90 Å². The predicted octanol–water partition coefficient (Wildman–Crippen LogP) is 1.28. The van der Waals surface area contributed by atoms with Gasteiger partial charge in [-0.2, -0.15) is 5.10 Å². The van der Waals surface area contributed by atoms with E-state index in [1.165, 1.54) is 12.2 Å². The fourth-order valence-electron chi connectivity index (χ4n) is 1.57. The monoisotopic (exact) mass is 151 g/mol. The summed E-state index contributed by atoms with van der Waals surface area (Å²) in [6, 6.07) is 2.63. The van der Waals surface area contributed by atoms with Crippen molar-refractivity contribution in [2.75, 3.05) is 18.5 Å². The molecule has 0 bridgehead atoms. The van der Waals surface area contributed by atoms with Gasteiger partial charge in [0, 0.05) is 19.7 Å². The summed E-state index contributed by atoms with van der Waals surface area (Å²) in [5.74, 6) is 1.24. The highest BCUT2D eigenvalue weighted by Gasteiger charge is 2.18. The SMILES string of the molecule is C[C@@H]1CCN(C)c2ccnn21. The molecular formula is C8H13N3. The van der Waals surface area contributed by atoms with Gasteiger partial charge in [-0.15, -0.1) is 0 Å². The van der Waals surface area contributed by atoms with Gasteiger partial charge in [-0.25, -0.2) is 4.68 Å². The normalized spacial score (nSPS) is 23.5. The van der Waals surface area contributed by atoms with Gasteiger partial charge in [0.25, 0.3) is 0 Å². The second kappa shape index (κ2) is 2.26. The molecule has 1 aromatic heterocycles. The minimum absolute atomic E-state index is 0.566. The first kappa shape index (κ1) is 6.70. The molecule has 0 aromatic carbocycles. The highest BCUT2D eigenvalue weighted by molar-refractivity contribution is 5.38. The Labute approximate surface area is 66.6 Å². The van der Waals surface area contributed by atoms with Crippen LogP contribution < -0.4 is 4.90 Å². The molecule has 0 aliphatic carbocycles. The summed E-state index contributed by atoms with van der Waals surface area (Å²) in [6.07, 6.45) is 3.07. The fraction of sp³-hybridized carbons (Fsp3) is 0.625. The summed E-state index contributed by atoms with van der Waals surface area (Å²) < 4.78 is 2.09. The minimum atomic E-state index is 0.566. The zero-order valence-electron chi connectivity index (χ0n) is 6.99. The van der Waals surface area contributed by atoms with E-state index in [1.54, 1.807) is 0 Å². The lowest BCUT2D eigenvalue weighted by Crippen LogP contribution is -2.30. The Bertz CT molecular complexity index is 229. The number of hydrogen-bond donors (Lipinski definition) is 0. The molecule has 2 rings (SSSR count). The van der Waals surface area contributed by atoms with Crippen molar-refractivity contribution in [1.82, 2.24) is 9.78 Å².